The van der Waals surface area contributed by atoms with Crippen molar-refractivity contribution in [1.29, 1.82) is 0 Å². The lowest BCUT2D eigenvalue weighted by Gasteiger charge is -2.06. The molecule has 0 spiro atoms. The molecule has 1 aromatic rings. The van der Waals surface area contributed by atoms with E-state index in [1.807, 2.05) is 10.8 Å². The van der Waals surface area contributed by atoms with Gasteiger partial charge >= 0.3 is 0 Å². The maximum Gasteiger partial charge on any atom is 0.208 e. The van der Waals surface area contributed by atoms with Crippen LogP contribution in [0.2, 0.25) is 0 Å². The first kappa shape index (κ1) is 13.1. The number of aryl methyl sites for hydroxylation is 1. The van der Waals surface area contributed by atoms with Crippen LogP contribution in [0.5, 0.6) is 0 Å². The summed E-state index contributed by atoms with van der Waals surface area (Å²) in [6, 6.07) is 0. The lowest BCUT2D eigenvalue weighted by atomic mass is 10.5. The topological polar surface area (TPSA) is 76.0 Å². The molecule has 1 rings (SSSR count). The van der Waals surface area contributed by atoms with Gasteiger partial charge in [-0.25, -0.2) is 18.1 Å². The molecule has 0 fully saturated rings. The number of hydrogen-bond acceptors (Lipinski definition) is 4. The highest BCUT2D eigenvalue weighted by Crippen LogP contribution is 1.95. The molecule has 0 saturated carbocycles. The first-order valence-corrected chi connectivity index (χ1v) is 7.07. The Bertz CT molecular complexity index is 413. The summed E-state index contributed by atoms with van der Waals surface area (Å²) < 4.78 is 26.0. The summed E-state index contributed by atoms with van der Waals surface area (Å²) in [6.45, 7) is 4.57. The van der Waals surface area contributed by atoms with Gasteiger partial charge in [0, 0.05) is 32.0 Å². The summed E-state index contributed by atoms with van der Waals surface area (Å²) in [4.78, 5) is 4.20. The molecule has 1 aromatic heterocycles. The highest BCUT2D eigenvalue weighted by molar-refractivity contribution is 7.88. The molecule has 0 aliphatic rings. The van der Waals surface area contributed by atoms with E-state index < -0.39 is 10.0 Å². The average Bonchev–Trinajstić information content (AvgIpc) is 2.63. The van der Waals surface area contributed by atoms with Gasteiger partial charge in [-0.15, -0.1) is 0 Å². The van der Waals surface area contributed by atoms with Crippen LogP contribution in [0, 0.1) is 0 Å². The van der Waals surface area contributed by atoms with Crippen LogP contribution in [0.15, 0.2) is 12.4 Å². The summed E-state index contributed by atoms with van der Waals surface area (Å²) in [5, 5.41) is 3.12. The third-order valence-corrected chi connectivity index (χ3v) is 2.82. The minimum atomic E-state index is -3.08. The van der Waals surface area contributed by atoms with Crippen LogP contribution in [-0.2, 0) is 23.1 Å². The van der Waals surface area contributed by atoms with Crippen LogP contribution in [0.4, 0.5) is 0 Å². The molecule has 0 aliphatic carbocycles. The molecule has 0 radical (unpaired) electrons. The molecule has 1 heterocycles. The van der Waals surface area contributed by atoms with Gasteiger partial charge in [-0.05, 0) is 6.92 Å². The Balaban J connectivity index is 2.21. The Kier molecular flexibility index (Phi) is 4.91. The Morgan fingerprint density at radius 1 is 1.44 bits per heavy atom. The SMILES string of the molecule is CCn1ccnc1CNCCNS(C)(=O)=O. The van der Waals surface area contributed by atoms with E-state index in [-0.39, 0.29) is 0 Å². The minimum absolute atomic E-state index is 0.395. The number of nitrogens with one attached hydrogen (secondary N) is 2. The molecular formula is C9H18N4O2S. The zero-order valence-corrected chi connectivity index (χ0v) is 10.4. The zero-order chi connectivity index (χ0) is 12.0. The Labute approximate surface area is 96.1 Å². The minimum Gasteiger partial charge on any atom is -0.334 e. The standard InChI is InChI=1S/C9H18N4O2S/c1-3-13-7-6-11-9(13)8-10-4-5-12-16(2,14)15/h6-7,10,12H,3-5,8H2,1-2H3. The zero-order valence-electron chi connectivity index (χ0n) is 9.60. The molecule has 6 nitrogen and oxygen atoms in total. The summed E-state index contributed by atoms with van der Waals surface area (Å²) >= 11 is 0. The molecular weight excluding hydrogens is 228 g/mol. The van der Waals surface area contributed by atoms with Crippen molar-refractivity contribution in [3.63, 3.8) is 0 Å². The smallest absolute Gasteiger partial charge is 0.208 e. The molecule has 0 amide bonds. The van der Waals surface area contributed by atoms with Gasteiger partial charge < -0.3 is 9.88 Å². The number of aromatic nitrogens is 2. The maximum absolute atomic E-state index is 10.8. The van der Waals surface area contributed by atoms with Crippen molar-refractivity contribution >= 4 is 10.0 Å². The number of imidazole rings is 1. The van der Waals surface area contributed by atoms with Gasteiger partial charge in [0.05, 0.1) is 12.8 Å². The summed E-state index contributed by atoms with van der Waals surface area (Å²) in [6.07, 6.45) is 4.83. The number of sulfonamides is 1. The molecule has 0 aromatic carbocycles. The Morgan fingerprint density at radius 3 is 2.81 bits per heavy atom. The van der Waals surface area contributed by atoms with Crippen molar-refractivity contribution in [1.82, 2.24) is 19.6 Å². The Hall–Kier alpha value is -0.920. The summed E-state index contributed by atoms with van der Waals surface area (Å²) in [5.74, 6) is 0.960. The van der Waals surface area contributed by atoms with E-state index in [1.165, 1.54) is 0 Å². The van der Waals surface area contributed by atoms with Crippen molar-refractivity contribution in [2.45, 2.75) is 20.0 Å². The monoisotopic (exact) mass is 246 g/mol. The summed E-state index contributed by atoms with van der Waals surface area (Å²) in [7, 11) is -3.08. The van der Waals surface area contributed by atoms with Gasteiger partial charge in [0.15, 0.2) is 0 Å². The third-order valence-electron chi connectivity index (χ3n) is 2.09. The number of nitrogens with zero attached hydrogens (tertiary/aromatic N) is 2. The van der Waals surface area contributed by atoms with E-state index in [0.29, 0.717) is 19.6 Å². The fourth-order valence-electron chi connectivity index (χ4n) is 1.32. The quantitative estimate of drug-likeness (QED) is 0.638. The fourth-order valence-corrected chi connectivity index (χ4v) is 1.79. The van der Waals surface area contributed by atoms with Gasteiger partial charge in [-0.2, -0.15) is 0 Å². The number of rotatable bonds is 7. The van der Waals surface area contributed by atoms with Crippen molar-refractivity contribution in [3.8, 4) is 0 Å². The van der Waals surface area contributed by atoms with E-state index in [4.69, 9.17) is 0 Å². The molecule has 2 N–H and O–H groups in total. The lowest BCUT2D eigenvalue weighted by molar-refractivity contribution is 0.575. The average molecular weight is 246 g/mol. The second-order valence-corrected chi connectivity index (χ2v) is 5.31. The van der Waals surface area contributed by atoms with Crippen LogP contribution >= 0.6 is 0 Å². The Morgan fingerprint density at radius 2 is 2.19 bits per heavy atom. The molecule has 0 aliphatic heterocycles. The molecule has 92 valence electrons. The van der Waals surface area contributed by atoms with Crippen LogP contribution in [0.1, 0.15) is 12.7 Å². The van der Waals surface area contributed by atoms with Crippen molar-refractivity contribution in [3.05, 3.63) is 18.2 Å². The van der Waals surface area contributed by atoms with Gasteiger partial charge in [0.25, 0.3) is 0 Å². The first-order chi connectivity index (χ1) is 7.53. The molecule has 16 heavy (non-hydrogen) atoms. The van der Waals surface area contributed by atoms with E-state index in [2.05, 4.69) is 21.9 Å². The van der Waals surface area contributed by atoms with Crippen LogP contribution in [-0.4, -0.2) is 37.3 Å². The van der Waals surface area contributed by atoms with Gasteiger partial charge in [0.1, 0.15) is 5.82 Å². The van der Waals surface area contributed by atoms with Crippen molar-refractivity contribution < 1.29 is 8.42 Å². The van der Waals surface area contributed by atoms with Crippen LogP contribution in [0.3, 0.4) is 0 Å². The molecule has 0 saturated heterocycles. The van der Waals surface area contributed by atoms with Crippen molar-refractivity contribution in [2.75, 3.05) is 19.3 Å². The molecule has 7 heteroatoms. The van der Waals surface area contributed by atoms with E-state index in [9.17, 15) is 8.42 Å². The predicted octanol–water partition coefficient (Wildman–Crippen LogP) is -0.458. The van der Waals surface area contributed by atoms with Gasteiger partial charge in [-0.1, -0.05) is 0 Å². The fraction of sp³-hybridized carbons (Fsp3) is 0.667. The maximum atomic E-state index is 10.8. The molecule has 0 atom stereocenters. The second-order valence-electron chi connectivity index (χ2n) is 3.47. The largest absolute Gasteiger partial charge is 0.334 e. The predicted molar refractivity (Wildman–Crippen MR) is 62.5 cm³/mol. The van der Waals surface area contributed by atoms with E-state index in [1.54, 1.807) is 6.20 Å². The molecule has 0 bridgehead atoms. The van der Waals surface area contributed by atoms with Gasteiger partial charge in [-0.3, -0.25) is 0 Å². The highest BCUT2D eigenvalue weighted by Gasteiger charge is 2.01. The van der Waals surface area contributed by atoms with Gasteiger partial charge in [0.2, 0.25) is 10.0 Å². The van der Waals surface area contributed by atoms with Crippen molar-refractivity contribution in [2.24, 2.45) is 0 Å². The normalized spacial score (nSPS) is 11.9. The summed E-state index contributed by atoms with van der Waals surface area (Å²) in [5.41, 5.74) is 0. The first-order valence-electron chi connectivity index (χ1n) is 5.18. The number of hydrogen-bond donors (Lipinski definition) is 2. The van der Waals surface area contributed by atoms with E-state index in [0.717, 1.165) is 18.6 Å². The molecule has 0 unspecified atom stereocenters. The highest BCUT2D eigenvalue weighted by atomic mass is 32.2. The lowest BCUT2D eigenvalue weighted by Crippen LogP contribution is -2.31. The van der Waals surface area contributed by atoms with Crippen LogP contribution < -0.4 is 10.0 Å². The van der Waals surface area contributed by atoms with E-state index >= 15 is 0 Å². The third kappa shape index (κ3) is 4.73. The second kappa shape index (κ2) is 5.97. The van der Waals surface area contributed by atoms with Crippen LogP contribution in [0.25, 0.3) is 0 Å².